The molecule has 2 unspecified atom stereocenters. The first-order valence-corrected chi connectivity index (χ1v) is 20.1. The van der Waals surface area contributed by atoms with Gasteiger partial charge in [0.05, 0.1) is 12.2 Å². The number of rotatable bonds is 4. The van der Waals surface area contributed by atoms with Crippen LogP contribution in [0, 0.1) is 69.0 Å². The molecule has 0 aromatic rings. The Morgan fingerprint density at radius 2 is 1.02 bits per heavy atom. The van der Waals surface area contributed by atoms with E-state index < -0.39 is 58.4 Å². The van der Waals surface area contributed by atoms with Gasteiger partial charge in [0.25, 0.3) is 0 Å². The van der Waals surface area contributed by atoms with Crippen molar-refractivity contribution in [2.45, 2.75) is 116 Å². The van der Waals surface area contributed by atoms with Crippen molar-refractivity contribution in [2.24, 2.45) is 69.0 Å². The zero-order chi connectivity index (χ0) is 39.6. The molecule has 8 rings (SSSR count). The van der Waals surface area contributed by atoms with Crippen LogP contribution in [0.1, 0.15) is 92.9 Å². The fourth-order valence-electron chi connectivity index (χ4n) is 14.7. The SMILES string of the molecule is C[C@@H]1C[C@H]2[C@@H]3CCC4=CC(=O)C=C[C@]4(C)[C@@]3(F)C(O)C[C@]2(C)[C@H]1C(=O)CO.C[C@@H]1C[C@H]2[C@@H]3CCC4=CC(=O)C=C[C@]4(C)[C@@]3(F)C(O)C[C@]2(C)[C@H]1C(=O)CO. The molecule has 0 bridgehead atoms. The van der Waals surface area contributed by atoms with Crippen LogP contribution in [0.25, 0.3) is 0 Å². The number of carbonyl (C=O) groups excluding carboxylic acids is 4. The van der Waals surface area contributed by atoms with E-state index in [4.69, 9.17) is 0 Å². The average Bonchev–Trinajstić information content (AvgIpc) is 3.53. The maximum atomic E-state index is 16.8. The van der Waals surface area contributed by atoms with Crippen LogP contribution < -0.4 is 0 Å². The molecule has 296 valence electrons. The Labute approximate surface area is 317 Å². The number of alkyl halides is 2. The predicted molar refractivity (Wildman–Crippen MR) is 197 cm³/mol. The molecule has 10 heteroatoms. The smallest absolute Gasteiger partial charge is 0.178 e. The van der Waals surface area contributed by atoms with Gasteiger partial charge in [-0.05, 0) is 124 Å². The van der Waals surface area contributed by atoms with Crippen molar-refractivity contribution in [1.82, 2.24) is 0 Å². The third-order valence-electron chi connectivity index (χ3n) is 17.0. The van der Waals surface area contributed by atoms with Crippen molar-refractivity contribution >= 4 is 23.1 Å². The second kappa shape index (κ2) is 12.9. The highest BCUT2D eigenvalue weighted by Gasteiger charge is 2.73. The fourth-order valence-corrected chi connectivity index (χ4v) is 14.7. The number of fused-ring (bicyclic) bond motifs is 10. The van der Waals surface area contributed by atoms with Crippen LogP contribution in [0.5, 0.6) is 0 Å². The summed E-state index contributed by atoms with van der Waals surface area (Å²) >= 11 is 0. The third kappa shape index (κ3) is 5.03. The molecule has 6 saturated carbocycles. The van der Waals surface area contributed by atoms with E-state index in [0.717, 1.165) is 24.0 Å². The van der Waals surface area contributed by atoms with E-state index in [2.05, 4.69) is 0 Å². The molecule has 0 saturated heterocycles. The molecule has 54 heavy (non-hydrogen) atoms. The molecule has 0 amide bonds. The van der Waals surface area contributed by atoms with Gasteiger partial charge in [-0.1, -0.05) is 51.0 Å². The molecule has 8 aliphatic rings. The number of Topliss-reactive ketones (excluding diaryl/α,β-unsaturated/α-hetero) is 2. The van der Waals surface area contributed by atoms with Gasteiger partial charge in [-0.3, -0.25) is 19.2 Å². The molecule has 8 aliphatic carbocycles. The molecule has 0 spiro atoms. The number of halogens is 2. The van der Waals surface area contributed by atoms with Crippen LogP contribution >= 0.6 is 0 Å². The van der Waals surface area contributed by atoms with E-state index in [9.17, 15) is 39.6 Å². The summed E-state index contributed by atoms with van der Waals surface area (Å²) in [5.74, 6) is -2.00. The van der Waals surface area contributed by atoms with E-state index >= 15 is 8.78 Å². The molecule has 0 aromatic carbocycles. The van der Waals surface area contributed by atoms with E-state index in [-0.39, 0.29) is 83.3 Å². The van der Waals surface area contributed by atoms with Gasteiger partial charge in [0.1, 0.15) is 13.2 Å². The van der Waals surface area contributed by atoms with E-state index in [1.54, 1.807) is 26.0 Å². The minimum absolute atomic E-state index is 0.0224. The zero-order valence-electron chi connectivity index (χ0n) is 32.5. The molecule has 6 fully saturated rings. The first-order chi connectivity index (χ1) is 25.2. The van der Waals surface area contributed by atoms with Crippen LogP contribution in [-0.4, -0.2) is 80.3 Å². The summed E-state index contributed by atoms with van der Waals surface area (Å²) in [5.41, 5.74) is -5.17. The normalized spacial score (nSPS) is 51.3. The average molecular weight is 753 g/mol. The molecular formula is C44H58F2O8. The number of carbonyl (C=O) groups is 4. The second-order valence-electron chi connectivity index (χ2n) is 19.3. The van der Waals surface area contributed by atoms with Gasteiger partial charge in [0.2, 0.25) is 0 Å². The van der Waals surface area contributed by atoms with Crippen molar-refractivity contribution in [3.8, 4) is 0 Å². The summed E-state index contributed by atoms with van der Waals surface area (Å²) in [4.78, 5) is 48.6. The van der Waals surface area contributed by atoms with Gasteiger partial charge >= 0.3 is 0 Å². The lowest BCUT2D eigenvalue weighted by Crippen LogP contribution is -2.66. The summed E-state index contributed by atoms with van der Waals surface area (Å²) in [6, 6.07) is 0. The van der Waals surface area contributed by atoms with Crippen LogP contribution in [0.4, 0.5) is 8.78 Å². The van der Waals surface area contributed by atoms with Crippen LogP contribution in [0.3, 0.4) is 0 Å². The van der Waals surface area contributed by atoms with Crippen LogP contribution in [0.15, 0.2) is 47.6 Å². The first-order valence-electron chi connectivity index (χ1n) is 20.1. The minimum atomic E-state index is -1.85. The highest BCUT2D eigenvalue weighted by molar-refractivity contribution is 6.02. The first kappa shape index (κ1) is 39.6. The van der Waals surface area contributed by atoms with Gasteiger partial charge in [0, 0.05) is 34.5 Å². The van der Waals surface area contributed by atoms with Crippen LogP contribution in [-0.2, 0) is 19.2 Å². The summed E-state index contributed by atoms with van der Waals surface area (Å²) in [5, 5.41) is 41.1. The number of allylic oxidation sites excluding steroid dienone is 8. The number of aliphatic hydroxyl groups excluding tert-OH is 4. The number of hydrogen-bond acceptors (Lipinski definition) is 8. The molecule has 0 radical (unpaired) electrons. The van der Waals surface area contributed by atoms with Crippen molar-refractivity contribution in [2.75, 3.05) is 13.2 Å². The fraction of sp³-hybridized carbons (Fsp3) is 0.727. The monoisotopic (exact) mass is 752 g/mol. The van der Waals surface area contributed by atoms with Crippen molar-refractivity contribution in [3.63, 3.8) is 0 Å². The van der Waals surface area contributed by atoms with Crippen molar-refractivity contribution in [1.29, 1.82) is 0 Å². The van der Waals surface area contributed by atoms with Gasteiger partial charge in [0.15, 0.2) is 34.5 Å². The zero-order valence-corrected chi connectivity index (χ0v) is 32.5. The van der Waals surface area contributed by atoms with Crippen LogP contribution in [0.2, 0.25) is 0 Å². The molecule has 0 heterocycles. The number of aliphatic hydroxyl groups is 4. The molecule has 16 atom stereocenters. The maximum absolute atomic E-state index is 16.8. The van der Waals surface area contributed by atoms with E-state index in [1.807, 2.05) is 27.7 Å². The third-order valence-corrected chi connectivity index (χ3v) is 17.0. The highest BCUT2D eigenvalue weighted by atomic mass is 19.1. The number of ketones is 4. The second-order valence-corrected chi connectivity index (χ2v) is 19.3. The predicted octanol–water partition coefficient (Wildman–Crippen LogP) is 5.56. The molecule has 8 nitrogen and oxygen atoms in total. The summed E-state index contributed by atoms with van der Waals surface area (Å²) in [7, 11) is 0. The maximum Gasteiger partial charge on any atom is 0.178 e. The lowest BCUT2D eigenvalue weighted by Gasteiger charge is -2.62. The number of hydrogen-bond donors (Lipinski definition) is 4. The standard InChI is InChI=1S/2C22H29FO4/c2*1-12-8-16-15-5-4-13-9-14(25)6-7-21(13,3)22(15,23)18(27)10-20(16,2)19(12)17(26)11-24/h2*6-7,9,12,15-16,18-19,24,27H,4-5,8,10-11H2,1-3H3/t2*12-,15+,16+,18?,19-,20+,21+,22+/m11/s1. The van der Waals surface area contributed by atoms with Crippen molar-refractivity contribution in [3.05, 3.63) is 47.6 Å². The Bertz CT molecular complexity index is 1640. The van der Waals surface area contributed by atoms with Gasteiger partial charge < -0.3 is 20.4 Å². The van der Waals surface area contributed by atoms with E-state index in [0.29, 0.717) is 25.7 Å². The summed E-state index contributed by atoms with van der Waals surface area (Å²) < 4.78 is 33.6. The topological polar surface area (TPSA) is 149 Å². The Kier molecular flexibility index (Phi) is 9.48. The van der Waals surface area contributed by atoms with Gasteiger partial charge in [-0.15, -0.1) is 0 Å². The summed E-state index contributed by atoms with van der Waals surface area (Å²) in [6.45, 7) is 10.6. The van der Waals surface area contributed by atoms with Gasteiger partial charge in [-0.25, -0.2) is 8.78 Å². The Balaban J connectivity index is 0.000000167. The molecule has 0 aromatic heterocycles. The molecular weight excluding hydrogens is 694 g/mol. The van der Waals surface area contributed by atoms with Crippen molar-refractivity contribution < 1.29 is 48.4 Å². The molecule has 4 N–H and O–H groups in total. The van der Waals surface area contributed by atoms with Gasteiger partial charge in [-0.2, -0.15) is 0 Å². The largest absolute Gasteiger partial charge is 0.390 e. The lowest BCUT2D eigenvalue weighted by atomic mass is 9.45. The van der Waals surface area contributed by atoms with E-state index in [1.165, 1.54) is 24.3 Å². The highest BCUT2D eigenvalue weighted by Crippen LogP contribution is 2.71. The minimum Gasteiger partial charge on any atom is -0.390 e. The Morgan fingerprint density at radius 1 is 0.667 bits per heavy atom. The summed E-state index contributed by atoms with van der Waals surface area (Å²) in [6.07, 6.45) is 11.1. The Hall–Kier alpha value is -2.66. The quantitative estimate of drug-likeness (QED) is 0.292. The lowest BCUT2D eigenvalue weighted by molar-refractivity contribution is -0.196. The Morgan fingerprint density at radius 3 is 1.35 bits per heavy atom. The molecule has 0 aliphatic heterocycles.